The van der Waals surface area contributed by atoms with E-state index in [9.17, 15) is 0 Å². The van der Waals surface area contributed by atoms with Crippen LogP contribution < -0.4 is 0 Å². The predicted molar refractivity (Wildman–Crippen MR) is 127 cm³/mol. The van der Waals surface area contributed by atoms with E-state index < -0.39 is 0 Å². The van der Waals surface area contributed by atoms with Gasteiger partial charge in [0.15, 0.2) is 0 Å². The molecule has 2 heteroatoms. The van der Waals surface area contributed by atoms with Gasteiger partial charge < -0.3 is 0 Å². The number of rotatable bonds is 22. The van der Waals surface area contributed by atoms with Crippen LogP contribution in [0.3, 0.4) is 0 Å². The van der Waals surface area contributed by atoms with Gasteiger partial charge in [0.2, 0.25) is 0 Å². The summed E-state index contributed by atoms with van der Waals surface area (Å²) in [4.78, 5) is 0. The number of unbranched alkanes of at least 4 members (excludes halogenated alkanes) is 18. The third-order valence-electron chi connectivity index (χ3n) is 5.28. The van der Waals surface area contributed by atoms with E-state index in [2.05, 4.69) is 25.6 Å². The summed E-state index contributed by atoms with van der Waals surface area (Å²) in [6.45, 7) is 4.60. The van der Waals surface area contributed by atoms with Gasteiger partial charge >= 0.3 is 0 Å². The molecule has 0 bridgehead atoms. The zero-order chi connectivity index (χ0) is 18.3. The van der Waals surface area contributed by atoms with Crippen LogP contribution in [-0.2, 0) is 0 Å². The van der Waals surface area contributed by atoms with Gasteiger partial charge in [-0.3, -0.25) is 0 Å². The molecule has 0 saturated carbocycles. The van der Waals surface area contributed by atoms with Crippen molar-refractivity contribution in [3.8, 4) is 0 Å². The minimum absolute atomic E-state index is 0. The third-order valence-corrected chi connectivity index (χ3v) is 6.44. The van der Waals surface area contributed by atoms with Gasteiger partial charge in [-0.05, 0) is 24.3 Å². The fourth-order valence-corrected chi connectivity index (χ4v) is 4.51. The summed E-state index contributed by atoms with van der Waals surface area (Å²) < 4.78 is 0. The van der Waals surface area contributed by atoms with Gasteiger partial charge in [0, 0.05) is 18.9 Å². The minimum Gasteiger partial charge on any atom is -0.162 e. The Balaban J connectivity index is 0. The molecule has 0 amide bonds. The molecule has 1 radical (unpaired) electrons. The van der Waals surface area contributed by atoms with Gasteiger partial charge in [-0.15, -0.1) is 0 Å². The summed E-state index contributed by atoms with van der Waals surface area (Å²) in [5.41, 5.74) is 0. The van der Waals surface area contributed by atoms with Gasteiger partial charge in [0.1, 0.15) is 0 Å². The molecule has 0 aliphatic heterocycles. The fourth-order valence-electron chi connectivity index (χ4n) is 3.49. The van der Waals surface area contributed by atoms with Crippen LogP contribution in [-0.4, -0.2) is 30.4 Å². The molecule has 0 rings (SSSR count). The molecular weight excluding hydrogens is 327 g/mol. The van der Waals surface area contributed by atoms with E-state index in [0.717, 1.165) is 0 Å². The summed E-state index contributed by atoms with van der Waals surface area (Å²) in [6.07, 6.45) is 29.2. The van der Waals surface area contributed by atoms with E-state index in [4.69, 9.17) is 0 Å². The molecule has 0 aromatic heterocycles. The second-order valence-electron chi connectivity index (χ2n) is 7.98. The Morgan fingerprint density at radius 1 is 0.346 bits per heavy atom. The van der Waals surface area contributed by atoms with Crippen molar-refractivity contribution in [3.05, 3.63) is 0 Å². The molecule has 0 atom stereocenters. The van der Waals surface area contributed by atoms with Gasteiger partial charge in [-0.2, -0.15) is 11.8 Å². The Labute approximate surface area is 184 Å². The number of thioether (sulfide) groups is 1. The molecule has 0 nitrogen and oxygen atoms in total. The molecule has 0 fully saturated rings. The molecule has 0 N–H and O–H groups in total. The van der Waals surface area contributed by atoms with Gasteiger partial charge in [0.25, 0.3) is 0 Å². The van der Waals surface area contributed by atoms with Crippen molar-refractivity contribution >= 4 is 30.6 Å². The van der Waals surface area contributed by atoms with Crippen LogP contribution in [0.1, 0.15) is 142 Å². The summed E-state index contributed by atoms with van der Waals surface area (Å²) in [6, 6.07) is 0. The molecule has 0 aromatic carbocycles. The first kappa shape index (κ1) is 29.2. The van der Waals surface area contributed by atoms with Crippen LogP contribution in [0.25, 0.3) is 0 Å². The molecule has 0 unspecified atom stereocenters. The molecule has 0 heterocycles. The van der Waals surface area contributed by atoms with Crippen LogP contribution >= 0.6 is 11.8 Å². The average molecular weight is 378 g/mol. The number of hydrogen-bond donors (Lipinski definition) is 0. The molecule has 0 aromatic rings. The van der Waals surface area contributed by atoms with Crippen molar-refractivity contribution in [1.82, 2.24) is 0 Å². The molecule has 0 aliphatic rings. The summed E-state index contributed by atoms with van der Waals surface area (Å²) in [5, 5.41) is 0. The van der Waals surface area contributed by atoms with Gasteiger partial charge in [-0.25, -0.2) is 0 Å². The van der Waals surface area contributed by atoms with E-state index in [1.165, 1.54) is 140 Å². The molecular formula is C24H50LiS. The van der Waals surface area contributed by atoms with E-state index >= 15 is 0 Å². The maximum absolute atomic E-state index is 2.30. The van der Waals surface area contributed by atoms with E-state index in [-0.39, 0.29) is 18.9 Å². The standard InChI is InChI=1S/C24H50S.Li/c1-3-5-7-9-11-13-15-17-19-21-23-25-24-22-20-18-16-14-12-10-8-6-4-2;/h3-24H2,1-2H3;. The molecule has 26 heavy (non-hydrogen) atoms. The Morgan fingerprint density at radius 3 is 0.846 bits per heavy atom. The van der Waals surface area contributed by atoms with Gasteiger partial charge in [0.05, 0.1) is 0 Å². The van der Waals surface area contributed by atoms with E-state index in [1.807, 2.05) is 0 Å². The van der Waals surface area contributed by atoms with Crippen molar-refractivity contribution in [2.75, 3.05) is 11.5 Å². The first-order valence-electron chi connectivity index (χ1n) is 12.0. The monoisotopic (exact) mass is 377 g/mol. The van der Waals surface area contributed by atoms with Crippen LogP contribution in [0.5, 0.6) is 0 Å². The summed E-state index contributed by atoms with van der Waals surface area (Å²) in [5.74, 6) is 2.82. The maximum Gasteiger partial charge on any atom is 0 e. The molecule has 153 valence electrons. The zero-order valence-electron chi connectivity index (χ0n) is 19.0. The van der Waals surface area contributed by atoms with Crippen LogP contribution in [0.4, 0.5) is 0 Å². The second kappa shape index (κ2) is 28.2. The smallest absolute Gasteiger partial charge is 0 e. The molecule has 0 aliphatic carbocycles. The second-order valence-corrected chi connectivity index (χ2v) is 9.20. The first-order valence-corrected chi connectivity index (χ1v) is 13.1. The first-order chi connectivity index (χ1) is 12.4. The molecule has 0 spiro atoms. The van der Waals surface area contributed by atoms with Crippen LogP contribution in [0, 0.1) is 0 Å². The average Bonchev–Trinajstić information content (AvgIpc) is 2.63. The summed E-state index contributed by atoms with van der Waals surface area (Å²) >= 11 is 2.21. The number of hydrogen-bond acceptors (Lipinski definition) is 1. The van der Waals surface area contributed by atoms with Crippen molar-refractivity contribution in [2.24, 2.45) is 0 Å². The third kappa shape index (κ3) is 27.2. The van der Waals surface area contributed by atoms with E-state index in [0.29, 0.717) is 0 Å². The van der Waals surface area contributed by atoms with Gasteiger partial charge in [-0.1, -0.05) is 129 Å². The fraction of sp³-hybridized carbons (Fsp3) is 1.00. The van der Waals surface area contributed by atoms with E-state index in [1.54, 1.807) is 0 Å². The normalized spacial score (nSPS) is 10.8. The maximum atomic E-state index is 2.30. The Hall–Kier alpha value is 0.947. The van der Waals surface area contributed by atoms with Crippen molar-refractivity contribution in [3.63, 3.8) is 0 Å². The van der Waals surface area contributed by atoms with Crippen molar-refractivity contribution in [2.45, 2.75) is 142 Å². The predicted octanol–water partition coefficient (Wildman–Crippen LogP) is 9.18. The van der Waals surface area contributed by atoms with Crippen molar-refractivity contribution < 1.29 is 0 Å². The zero-order valence-corrected chi connectivity index (χ0v) is 19.8. The largest absolute Gasteiger partial charge is 0.162 e. The van der Waals surface area contributed by atoms with Crippen molar-refractivity contribution in [1.29, 1.82) is 0 Å². The minimum atomic E-state index is 0. The summed E-state index contributed by atoms with van der Waals surface area (Å²) in [7, 11) is 0. The SMILES string of the molecule is CCCCCCCCCCCCSCCCCCCCCCCCC.[Li]. The topological polar surface area (TPSA) is 0 Å². The quantitative estimate of drug-likeness (QED) is 0.134. The van der Waals surface area contributed by atoms with Crippen LogP contribution in [0.15, 0.2) is 0 Å². The Bertz CT molecular complexity index is 198. The Morgan fingerprint density at radius 2 is 0.577 bits per heavy atom. The van der Waals surface area contributed by atoms with Crippen LogP contribution in [0.2, 0.25) is 0 Å². The molecule has 0 saturated heterocycles. The Kier molecular flexibility index (Phi) is 31.6.